The van der Waals surface area contributed by atoms with Gasteiger partial charge in [0.05, 0.1) is 50.3 Å². The molecule has 16 N–H and O–H groups in total. The molecule has 0 aromatic rings. The van der Waals surface area contributed by atoms with Crippen LogP contribution < -0.4 is 0 Å². The summed E-state index contributed by atoms with van der Waals surface area (Å²) in [6, 6.07) is 0. The molecule has 0 aromatic carbocycles. The van der Waals surface area contributed by atoms with Crippen LogP contribution in [0.1, 0.15) is 113 Å². The van der Waals surface area contributed by atoms with Crippen LogP contribution in [0.2, 0.25) is 0 Å². The molecule has 0 radical (unpaired) electrons. The molecule has 0 bridgehead atoms. The Balaban J connectivity index is 1.01. The van der Waals surface area contributed by atoms with E-state index in [0.717, 1.165) is 25.7 Å². The maximum atomic E-state index is 12.8. The average Bonchev–Trinajstić information content (AvgIpc) is 3.61. The highest BCUT2D eigenvalue weighted by Gasteiger charge is 2.71. The molecule has 0 spiro atoms. The van der Waals surface area contributed by atoms with Crippen molar-refractivity contribution < 1.29 is 120 Å². The second-order valence-corrected chi connectivity index (χ2v) is 25.9. The van der Waals surface area contributed by atoms with E-state index in [9.17, 15) is 81.7 Å². The van der Waals surface area contributed by atoms with Gasteiger partial charge in [-0.25, -0.2) is 0 Å². The fourth-order valence-electron chi connectivity index (χ4n) is 16.3. The van der Waals surface area contributed by atoms with Crippen molar-refractivity contribution in [2.45, 2.75) is 260 Å². The Bertz CT molecular complexity index is 2040. The lowest BCUT2D eigenvalue weighted by Gasteiger charge is -2.68. The van der Waals surface area contributed by atoms with Crippen molar-refractivity contribution in [3.63, 3.8) is 0 Å². The topological polar surface area (TPSA) is 398 Å². The Morgan fingerprint density at radius 2 is 1.08 bits per heavy atom. The standard InChI is InChI=1S/C55H94O24/c1-9-55-17-16-24(53(55,7)18-32(60)54(8)26-12-15-33(51(3,4)25(26)11-13-31(54)55)76-47-41(67)38(64)35(61)27(19-56)72-47)23(2)10-14-34(52(5,6)71)77-50-46(79-49-43(69)40(66)37(63)29(21-58)74-49)44(70)45(30(22-59)75-50)78-48-42(68)39(65)36(62)28(20-57)73-48/h11,23-24,26-50,56-71H,9-10,12-22H2,1-8H3/t23-,24?,26?,27-,28-,29-,30-,31?,32-,33+,34-,35-,36-,37-,38+,39+,40+,41-,42-,43-,44+,45-,46-,47+,48-,49+,50+,53-,54+,55+/m1/s1. The van der Waals surface area contributed by atoms with Crippen LogP contribution in [0.3, 0.4) is 0 Å². The van der Waals surface area contributed by atoms with Crippen molar-refractivity contribution in [2.24, 2.45) is 45.3 Å². The van der Waals surface area contributed by atoms with Crippen molar-refractivity contribution in [2.75, 3.05) is 26.4 Å². The minimum absolute atomic E-state index is 0.00704. The van der Waals surface area contributed by atoms with Crippen molar-refractivity contribution in [1.82, 2.24) is 0 Å². The molecular formula is C55H94O24. The van der Waals surface area contributed by atoms with E-state index in [1.165, 1.54) is 19.4 Å². The Kier molecular flexibility index (Phi) is 19.6. The van der Waals surface area contributed by atoms with E-state index >= 15 is 0 Å². The highest BCUT2D eigenvalue weighted by Crippen LogP contribution is 2.76. The number of rotatable bonds is 18. The van der Waals surface area contributed by atoms with E-state index in [4.69, 9.17) is 37.9 Å². The number of hydrogen-bond acceptors (Lipinski definition) is 24. The number of hydrogen-bond donors (Lipinski definition) is 16. The van der Waals surface area contributed by atoms with Crippen LogP contribution in [0.25, 0.3) is 0 Å². The lowest BCUT2D eigenvalue weighted by Crippen LogP contribution is -2.67. The van der Waals surface area contributed by atoms with Crippen molar-refractivity contribution in [3.8, 4) is 0 Å². The fraction of sp³-hybridized carbons (Fsp3) is 0.964. The summed E-state index contributed by atoms with van der Waals surface area (Å²) in [5.41, 5.74) is -2.01. The first-order chi connectivity index (χ1) is 37.0. The summed E-state index contributed by atoms with van der Waals surface area (Å²) < 4.78 is 48.3. The lowest BCUT2D eigenvalue weighted by atomic mass is 9.37. The van der Waals surface area contributed by atoms with Crippen molar-refractivity contribution in [3.05, 3.63) is 11.6 Å². The molecule has 8 aliphatic rings. The van der Waals surface area contributed by atoms with Gasteiger partial charge in [0.25, 0.3) is 0 Å². The molecule has 4 aliphatic carbocycles. The van der Waals surface area contributed by atoms with Gasteiger partial charge >= 0.3 is 0 Å². The molecule has 0 amide bonds. The van der Waals surface area contributed by atoms with Crippen LogP contribution in [-0.4, -0.2) is 255 Å². The van der Waals surface area contributed by atoms with Gasteiger partial charge in [0.2, 0.25) is 0 Å². The molecule has 4 heterocycles. The molecule has 0 aromatic heterocycles. The molecule has 24 nitrogen and oxygen atoms in total. The highest BCUT2D eigenvalue weighted by atomic mass is 16.8. The first kappa shape index (κ1) is 63.8. The molecule has 24 heteroatoms. The Morgan fingerprint density at radius 3 is 1.56 bits per heavy atom. The zero-order valence-electron chi connectivity index (χ0n) is 46.8. The molecule has 30 atom stereocenters. The van der Waals surface area contributed by atoms with E-state index in [2.05, 4.69) is 47.6 Å². The zero-order valence-corrected chi connectivity index (χ0v) is 46.8. The van der Waals surface area contributed by atoms with Crippen LogP contribution in [0, 0.1) is 45.3 Å². The number of aliphatic hydroxyl groups is 16. The zero-order chi connectivity index (χ0) is 58.2. The van der Waals surface area contributed by atoms with Crippen molar-refractivity contribution >= 4 is 0 Å². The van der Waals surface area contributed by atoms with Gasteiger partial charge in [-0.1, -0.05) is 53.2 Å². The van der Waals surface area contributed by atoms with E-state index < -0.39 is 184 Å². The summed E-state index contributed by atoms with van der Waals surface area (Å²) in [7, 11) is 0. The molecule has 3 unspecified atom stereocenters. The van der Waals surface area contributed by atoms with Gasteiger partial charge in [0, 0.05) is 10.8 Å². The van der Waals surface area contributed by atoms with Gasteiger partial charge in [-0.3, -0.25) is 0 Å². The quantitative estimate of drug-likeness (QED) is 0.0615. The van der Waals surface area contributed by atoms with E-state index in [0.29, 0.717) is 25.7 Å². The largest absolute Gasteiger partial charge is 0.394 e. The molecule has 8 rings (SSSR count). The summed E-state index contributed by atoms with van der Waals surface area (Å²) in [5, 5.41) is 173. The summed E-state index contributed by atoms with van der Waals surface area (Å²) in [5.74, 6) is 0.244. The van der Waals surface area contributed by atoms with Crippen LogP contribution >= 0.6 is 0 Å². The number of ether oxygens (including phenoxy) is 8. The molecule has 4 aliphatic heterocycles. The SMILES string of the molecule is CC[C@@]12CCC([C@H](C)CC[C@@H](O[C@@H]3O[C@H](CO)[C@@H](O[C@H]4O[C@H](CO)[C@@H](O)[C@H](O)[C@H]4O)[C@H](O)[C@H]3O[C@@H]3O[C@H](CO)[C@@H](O)[C@H](O)[C@H]3O)C(C)(C)O)[C@@]1(C)C[C@@H](O)[C@@]1(C)C3CC[C@H](O[C@@H]4O[C@H](CO)[C@@H](O)[C@H](O)[C@H]4O)C(C)(C)C3=CCC12. The molecular weight excluding hydrogens is 1040 g/mol. The molecule has 458 valence electrons. The second kappa shape index (κ2) is 24.3. The molecule has 4 saturated heterocycles. The number of allylic oxidation sites excluding steroid dienone is 1. The molecule has 3 saturated carbocycles. The average molecular weight is 1140 g/mol. The van der Waals surface area contributed by atoms with Gasteiger partial charge in [-0.05, 0) is 106 Å². The Morgan fingerprint density at radius 1 is 0.595 bits per heavy atom. The van der Waals surface area contributed by atoms with Gasteiger partial charge in [0.1, 0.15) is 97.7 Å². The van der Waals surface area contributed by atoms with Crippen molar-refractivity contribution in [1.29, 1.82) is 0 Å². The summed E-state index contributed by atoms with van der Waals surface area (Å²) >= 11 is 0. The van der Waals surface area contributed by atoms with Gasteiger partial charge in [-0.2, -0.15) is 0 Å². The predicted molar refractivity (Wildman–Crippen MR) is 272 cm³/mol. The smallest absolute Gasteiger partial charge is 0.187 e. The predicted octanol–water partition coefficient (Wildman–Crippen LogP) is -2.84. The first-order valence-corrected chi connectivity index (χ1v) is 28.6. The maximum Gasteiger partial charge on any atom is 0.187 e. The van der Waals surface area contributed by atoms with Crippen LogP contribution in [0.4, 0.5) is 0 Å². The second-order valence-electron chi connectivity index (χ2n) is 25.9. The first-order valence-electron chi connectivity index (χ1n) is 28.6. The third-order valence-electron chi connectivity index (χ3n) is 21.1. The summed E-state index contributed by atoms with van der Waals surface area (Å²) in [6.45, 7) is 13.2. The summed E-state index contributed by atoms with van der Waals surface area (Å²) in [4.78, 5) is 0. The monoisotopic (exact) mass is 1140 g/mol. The number of aliphatic hydroxyl groups excluding tert-OH is 15. The third kappa shape index (κ3) is 11.1. The Labute approximate surface area is 461 Å². The maximum absolute atomic E-state index is 12.8. The minimum atomic E-state index is -1.96. The Hall–Kier alpha value is -1.22. The number of fused-ring (bicyclic) bond motifs is 5. The van der Waals surface area contributed by atoms with Crippen LogP contribution in [-0.2, 0) is 37.9 Å². The van der Waals surface area contributed by atoms with Gasteiger partial charge in [0.15, 0.2) is 25.2 Å². The fourth-order valence-corrected chi connectivity index (χ4v) is 16.3. The van der Waals surface area contributed by atoms with E-state index in [1.54, 1.807) is 0 Å². The normalized spacial score (nSPS) is 50.9. The third-order valence-corrected chi connectivity index (χ3v) is 21.1. The minimum Gasteiger partial charge on any atom is -0.394 e. The molecule has 79 heavy (non-hydrogen) atoms. The van der Waals surface area contributed by atoms with Gasteiger partial charge in [-0.15, -0.1) is 0 Å². The van der Waals surface area contributed by atoms with Crippen LogP contribution in [0.15, 0.2) is 11.6 Å². The van der Waals surface area contributed by atoms with E-state index in [-0.39, 0.29) is 40.9 Å². The summed E-state index contributed by atoms with van der Waals surface area (Å²) in [6.07, 6.45) is -27.2. The lowest BCUT2D eigenvalue weighted by molar-refractivity contribution is -0.393. The molecule has 7 fully saturated rings. The highest BCUT2D eigenvalue weighted by molar-refractivity contribution is 5.32. The van der Waals surface area contributed by atoms with E-state index in [1.807, 2.05) is 0 Å². The van der Waals surface area contributed by atoms with Crippen LogP contribution in [0.5, 0.6) is 0 Å². The van der Waals surface area contributed by atoms with Gasteiger partial charge < -0.3 is 120 Å².